The molecule has 0 spiro atoms. The Morgan fingerprint density at radius 2 is 0.793 bits per heavy atom. The molecule has 0 aliphatic rings. The summed E-state index contributed by atoms with van der Waals surface area (Å²) in [6, 6.07) is 41.3. The zero-order chi connectivity index (χ0) is 19.7. The van der Waals surface area contributed by atoms with E-state index >= 15 is 0 Å². The van der Waals surface area contributed by atoms with E-state index in [4.69, 9.17) is 13.1 Å². The second-order valence-corrected chi connectivity index (χ2v) is 9.48. The van der Waals surface area contributed by atoms with Gasteiger partial charge in [-0.2, -0.15) is 6.66 Å². The summed E-state index contributed by atoms with van der Waals surface area (Å²) in [6.07, 6.45) is 6.69. The molecule has 146 valence electrons. The molecule has 0 bridgehead atoms. The molecule has 4 rings (SSSR count). The number of benzene rings is 4. The van der Waals surface area contributed by atoms with Crippen LogP contribution in [0.4, 0.5) is 0 Å². The van der Waals surface area contributed by atoms with Crippen LogP contribution in [0, 0.1) is 19.0 Å². The quantitative estimate of drug-likeness (QED) is 0.133. The van der Waals surface area contributed by atoms with Gasteiger partial charge in [0.15, 0.2) is 0 Å². The first-order valence-electron chi connectivity index (χ1n) is 9.13. The van der Waals surface area contributed by atoms with E-state index in [9.17, 15) is 0 Å². The molecule has 0 saturated heterocycles. The maximum Gasteiger partial charge on any atom is 1.00 e. The Hall–Kier alpha value is -2.39. The van der Waals surface area contributed by atoms with Crippen LogP contribution in [0.3, 0.4) is 0 Å². The summed E-state index contributed by atoms with van der Waals surface area (Å²) in [5.74, 6) is 2.28. The Labute approximate surface area is 190 Å². The van der Waals surface area contributed by atoms with E-state index in [2.05, 4.69) is 96.9 Å². The molecule has 0 aliphatic carbocycles. The standard InChI is InChI=1S/C19H17P.C8H5.Au/c1-20(17-11-5-2-6-12-17,18-13-7-3-8-14-18)19-15-9-4-10-16-19;1-2-8-6-4-3-5-7-8;/h2-16H,1H2;3-7H;/q;-1;+1. The Balaban J connectivity index is 0.000000283. The fraction of sp³-hybridized carbons (Fsp3) is 0. The molecule has 0 amide bonds. The number of hydrogen-bond acceptors (Lipinski definition) is 0. The first kappa shape index (κ1) is 22.9. The van der Waals surface area contributed by atoms with Gasteiger partial charge in [0.05, 0.1) is 15.9 Å². The van der Waals surface area contributed by atoms with Gasteiger partial charge in [-0.3, -0.25) is 5.92 Å². The van der Waals surface area contributed by atoms with Crippen molar-refractivity contribution in [1.29, 1.82) is 0 Å². The van der Waals surface area contributed by atoms with Crippen LogP contribution < -0.4 is 15.9 Å². The predicted molar refractivity (Wildman–Crippen MR) is 123 cm³/mol. The van der Waals surface area contributed by atoms with Crippen LogP contribution in [-0.4, -0.2) is 0 Å². The van der Waals surface area contributed by atoms with E-state index in [0.717, 1.165) is 5.56 Å². The van der Waals surface area contributed by atoms with Crippen molar-refractivity contribution in [2.75, 3.05) is 0 Å². The maximum absolute atomic E-state index is 6.69. The van der Waals surface area contributed by atoms with Crippen molar-refractivity contribution in [2.45, 2.75) is 0 Å². The van der Waals surface area contributed by atoms with Crippen LogP contribution in [0.2, 0.25) is 0 Å². The molecule has 0 heterocycles. The largest absolute Gasteiger partial charge is 1.00 e. The van der Waals surface area contributed by atoms with Gasteiger partial charge in [-0.05, 0) is 43.7 Å². The van der Waals surface area contributed by atoms with Crippen molar-refractivity contribution < 1.29 is 22.4 Å². The molecule has 0 unspecified atom stereocenters. The number of hydrogen-bond donors (Lipinski definition) is 0. The molecule has 0 atom stereocenters. The molecule has 0 N–H and O–H groups in total. The third-order valence-corrected chi connectivity index (χ3v) is 8.05. The van der Waals surface area contributed by atoms with Gasteiger partial charge in [0.1, 0.15) is 0 Å². The van der Waals surface area contributed by atoms with E-state index in [0.29, 0.717) is 0 Å². The smallest absolute Gasteiger partial charge is 0.366 e. The zero-order valence-corrected chi connectivity index (χ0v) is 19.1. The van der Waals surface area contributed by atoms with Gasteiger partial charge in [-0.1, -0.05) is 72.8 Å². The van der Waals surface area contributed by atoms with Gasteiger partial charge in [-0.25, -0.2) is 0 Å². The van der Waals surface area contributed by atoms with Crippen molar-refractivity contribution >= 4 is 23.2 Å². The first-order valence-corrected chi connectivity index (χ1v) is 11.1. The van der Waals surface area contributed by atoms with E-state index in [1.54, 1.807) is 0 Å². The van der Waals surface area contributed by atoms with Gasteiger partial charge >= 0.3 is 22.4 Å². The molecule has 0 aromatic heterocycles. The van der Waals surface area contributed by atoms with E-state index in [-0.39, 0.29) is 22.4 Å². The Bertz CT molecular complexity index is 911. The Morgan fingerprint density at radius 3 is 1.03 bits per heavy atom. The predicted octanol–water partition coefficient (Wildman–Crippen LogP) is 5.39. The van der Waals surface area contributed by atoms with E-state index in [1.807, 2.05) is 30.3 Å². The SMILES string of the molecule is [Au+].[C-]#Cc1ccccc1.[CH2-][P+](c1ccccc1)(c1ccccc1)c1ccccc1. The van der Waals surface area contributed by atoms with Gasteiger partial charge in [-0.15, -0.1) is 17.7 Å². The van der Waals surface area contributed by atoms with Crippen molar-refractivity contribution in [2.24, 2.45) is 0 Å². The van der Waals surface area contributed by atoms with Crippen LogP contribution in [0.5, 0.6) is 0 Å². The van der Waals surface area contributed by atoms with E-state index in [1.165, 1.54) is 15.9 Å². The molecule has 0 radical (unpaired) electrons. The van der Waals surface area contributed by atoms with Gasteiger partial charge in [0.2, 0.25) is 0 Å². The molecule has 0 fully saturated rings. The molecular formula is C27H22AuP. The van der Waals surface area contributed by atoms with Crippen LogP contribution >= 0.6 is 7.26 Å². The molecule has 2 heteroatoms. The minimum atomic E-state index is -1.78. The third-order valence-electron chi connectivity index (χ3n) is 4.51. The summed E-state index contributed by atoms with van der Waals surface area (Å²) in [5.41, 5.74) is 0.826. The molecule has 0 saturated carbocycles. The van der Waals surface area contributed by atoms with Crippen molar-refractivity contribution in [3.05, 3.63) is 140 Å². The average Bonchev–Trinajstić information content (AvgIpc) is 2.81. The summed E-state index contributed by atoms with van der Waals surface area (Å²) in [5, 5.41) is 3.95. The van der Waals surface area contributed by atoms with Crippen LogP contribution in [0.25, 0.3) is 0 Å². The molecule has 29 heavy (non-hydrogen) atoms. The molecule has 4 aromatic carbocycles. The third kappa shape index (κ3) is 5.80. The second-order valence-electron chi connectivity index (χ2n) is 6.31. The van der Waals surface area contributed by atoms with Crippen molar-refractivity contribution in [3.63, 3.8) is 0 Å². The van der Waals surface area contributed by atoms with Crippen LogP contribution in [0.15, 0.2) is 121 Å². The van der Waals surface area contributed by atoms with Gasteiger partial charge < -0.3 is 6.42 Å². The van der Waals surface area contributed by atoms with Gasteiger partial charge in [0.25, 0.3) is 0 Å². The topological polar surface area (TPSA) is 0 Å². The molecule has 0 nitrogen and oxygen atoms in total. The van der Waals surface area contributed by atoms with Crippen molar-refractivity contribution in [1.82, 2.24) is 0 Å². The normalized spacial score (nSPS) is 9.93. The first-order chi connectivity index (χ1) is 13.7. The monoisotopic (exact) mass is 574 g/mol. The number of rotatable bonds is 3. The summed E-state index contributed by atoms with van der Waals surface area (Å²) < 4.78 is 0. The maximum atomic E-state index is 6.69. The van der Waals surface area contributed by atoms with E-state index < -0.39 is 7.26 Å². The zero-order valence-electron chi connectivity index (χ0n) is 16.0. The average molecular weight is 574 g/mol. The summed E-state index contributed by atoms with van der Waals surface area (Å²) in [6.45, 7) is 4.69. The minimum Gasteiger partial charge on any atom is -0.366 e. The summed E-state index contributed by atoms with van der Waals surface area (Å²) >= 11 is 0. The molecule has 4 aromatic rings. The Morgan fingerprint density at radius 1 is 0.517 bits per heavy atom. The fourth-order valence-corrected chi connectivity index (χ4v) is 5.95. The second kappa shape index (κ2) is 11.6. The van der Waals surface area contributed by atoms with Crippen LogP contribution in [0.1, 0.15) is 5.56 Å². The van der Waals surface area contributed by atoms with Crippen molar-refractivity contribution in [3.8, 4) is 5.92 Å². The van der Waals surface area contributed by atoms with Crippen LogP contribution in [-0.2, 0) is 22.4 Å². The van der Waals surface area contributed by atoms with Gasteiger partial charge in [0, 0.05) is 0 Å². The summed E-state index contributed by atoms with van der Waals surface area (Å²) in [4.78, 5) is 0. The minimum absolute atomic E-state index is 0. The fourth-order valence-electron chi connectivity index (χ4n) is 3.02. The Kier molecular flexibility index (Phi) is 9.14. The summed E-state index contributed by atoms with van der Waals surface area (Å²) in [7, 11) is -1.78. The molecular weight excluding hydrogens is 552 g/mol. The molecule has 0 aliphatic heterocycles.